The van der Waals surface area contributed by atoms with Gasteiger partial charge in [-0.15, -0.1) is 0 Å². The van der Waals surface area contributed by atoms with Crippen molar-refractivity contribution >= 4 is 5.91 Å². The van der Waals surface area contributed by atoms with E-state index in [4.69, 9.17) is 9.47 Å². The van der Waals surface area contributed by atoms with E-state index >= 15 is 0 Å². The molecule has 0 saturated carbocycles. The fourth-order valence-electron chi connectivity index (χ4n) is 1.89. The summed E-state index contributed by atoms with van der Waals surface area (Å²) in [6, 6.07) is 1.66. The molecule has 6 heteroatoms. The Bertz CT molecular complexity index is 417. The Morgan fingerprint density at radius 1 is 1.05 bits per heavy atom. The minimum atomic E-state index is -0.234. The fraction of sp³-hybridized carbons (Fsp3) is 0.615. The van der Waals surface area contributed by atoms with Gasteiger partial charge in [-0.05, 0) is 27.7 Å². The maximum Gasteiger partial charge on any atom is 0.292 e. The number of amides is 1. The quantitative estimate of drug-likeness (QED) is 0.813. The summed E-state index contributed by atoms with van der Waals surface area (Å²) in [4.78, 5) is 22.3. The summed E-state index contributed by atoms with van der Waals surface area (Å²) >= 11 is 0. The Hall–Kier alpha value is -1.85. The maximum absolute atomic E-state index is 12.5. The van der Waals surface area contributed by atoms with Gasteiger partial charge in [0.1, 0.15) is 0 Å². The fourth-order valence-corrected chi connectivity index (χ4v) is 1.89. The lowest BCUT2D eigenvalue weighted by Gasteiger charge is -2.30. The Morgan fingerprint density at radius 2 is 1.47 bits per heavy atom. The number of carbonyl (C=O) groups excluding carboxylic acids is 1. The largest absolute Gasteiger partial charge is 0.481 e. The van der Waals surface area contributed by atoms with Crippen molar-refractivity contribution < 1.29 is 14.3 Å². The van der Waals surface area contributed by atoms with Crippen LogP contribution in [0.25, 0.3) is 0 Å². The van der Waals surface area contributed by atoms with Gasteiger partial charge in [0.15, 0.2) is 0 Å². The number of hydrogen-bond acceptors (Lipinski definition) is 5. The average molecular weight is 267 g/mol. The van der Waals surface area contributed by atoms with Crippen molar-refractivity contribution in [3.05, 3.63) is 11.9 Å². The van der Waals surface area contributed by atoms with E-state index in [0.717, 1.165) is 0 Å². The smallest absolute Gasteiger partial charge is 0.292 e. The SMILES string of the molecule is COc1cc(OC)nc(C(=O)N(C(C)C)C(C)C)n1. The van der Waals surface area contributed by atoms with Gasteiger partial charge in [-0.25, -0.2) is 0 Å². The second-order valence-electron chi connectivity index (χ2n) is 4.68. The minimum Gasteiger partial charge on any atom is -0.481 e. The summed E-state index contributed by atoms with van der Waals surface area (Å²) in [7, 11) is 2.97. The van der Waals surface area contributed by atoms with Crippen LogP contribution in [0.3, 0.4) is 0 Å². The maximum atomic E-state index is 12.5. The number of methoxy groups -OCH3 is 2. The molecule has 0 spiro atoms. The van der Waals surface area contributed by atoms with Crippen molar-refractivity contribution in [1.82, 2.24) is 14.9 Å². The molecule has 1 heterocycles. The van der Waals surface area contributed by atoms with Crippen LogP contribution in [0.1, 0.15) is 38.3 Å². The third-order valence-corrected chi connectivity index (χ3v) is 2.64. The van der Waals surface area contributed by atoms with Gasteiger partial charge in [-0.2, -0.15) is 9.97 Å². The third kappa shape index (κ3) is 3.56. The molecular formula is C13H21N3O3. The van der Waals surface area contributed by atoms with E-state index in [1.54, 1.807) is 4.90 Å². The second-order valence-corrected chi connectivity index (χ2v) is 4.68. The molecule has 0 unspecified atom stereocenters. The first kappa shape index (κ1) is 15.2. The number of aromatic nitrogens is 2. The van der Waals surface area contributed by atoms with Crippen LogP contribution in [0.4, 0.5) is 0 Å². The van der Waals surface area contributed by atoms with E-state index in [1.165, 1.54) is 20.3 Å². The van der Waals surface area contributed by atoms with Gasteiger partial charge in [0.25, 0.3) is 5.91 Å². The zero-order valence-electron chi connectivity index (χ0n) is 12.3. The molecule has 0 atom stereocenters. The van der Waals surface area contributed by atoms with E-state index in [-0.39, 0.29) is 23.8 Å². The third-order valence-electron chi connectivity index (χ3n) is 2.64. The summed E-state index contributed by atoms with van der Waals surface area (Å²) in [5, 5.41) is 0. The van der Waals surface area contributed by atoms with Crippen molar-refractivity contribution in [3.63, 3.8) is 0 Å². The van der Waals surface area contributed by atoms with Crippen LogP contribution in [-0.2, 0) is 0 Å². The summed E-state index contributed by atoms with van der Waals surface area (Å²) in [6.07, 6.45) is 0. The highest BCUT2D eigenvalue weighted by Gasteiger charge is 2.25. The molecule has 0 saturated heterocycles. The van der Waals surface area contributed by atoms with E-state index in [9.17, 15) is 4.79 Å². The minimum absolute atomic E-state index is 0.0632. The zero-order valence-corrected chi connectivity index (χ0v) is 12.3. The number of nitrogens with zero attached hydrogens (tertiary/aromatic N) is 3. The number of carbonyl (C=O) groups is 1. The molecule has 0 aromatic carbocycles. The molecule has 0 aliphatic carbocycles. The molecule has 0 radical (unpaired) electrons. The predicted octanol–water partition coefficient (Wildman–Crippen LogP) is 1.75. The van der Waals surface area contributed by atoms with Gasteiger partial charge in [0.05, 0.1) is 20.3 Å². The van der Waals surface area contributed by atoms with Crippen LogP contribution in [-0.4, -0.2) is 47.1 Å². The van der Waals surface area contributed by atoms with Crippen molar-refractivity contribution in [2.45, 2.75) is 39.8 Å². The van der Waals surface area contributed by atoms with Gasteiger partial charge < -0.3 is 14.4 Å². The first-order valence-corrected chi connectivity index (χ1v) is 6.20. The summed E-state index contributed by atoms with van der Waals surface area (Å²) in [5.74, 6) is 0.464. The lowest BCUT2D eigenvalue weighted by Crippen LogP contribution is -2.42. The monoisotopic (exact) mass is 267 g/mol. The van der Waals surface area contributed by atoms with Crippen molar-refractivity contribution in [2.75, 3.05) is 14.2 Å². The van der Waals surface area contributed by atoms with E-state index in [1.807, 2.05) is 27.7 Å². The lowest BCUT2D eigenvalue weighted by atomic mass is 10.2. The zero-order chi connectivity index (χ0) is 14.6. The molecule has 0 fully saturated rings. The van der Waals surface area contributed by atoms with Crippen LogP contribution in [0.5, 0.6) is 11.8 Å². The first-order valence-electron chi connectivity index (χ1n) is 6.20. The van der Waals surface area contributed by atoms with Crippen molar-refractivity contribution in [1.29, 1.82) is 0 Å². The Kier molecular flexibility index (Phi) is 5.09. The lowest BCUT2D eigenvalue weighted by molar-refractivity contribution is 0.0628. The van der Waals surface area contributed by atoms with Gasteiger partial charge in [-0.3, -0.25) is 4.79 Å². The predicted molar refractivity (Wildman–Crippen MR) is 71.6 cm³/mol. The van der Waals surface area contributed by atoms with Gasteiger partial charge in [0.2, 0.25) is 17.6 Å². The van der Waals surface area contributed by atoms with Gasteiger partial charge in [0, 0.05) is 12.1 Å². The van der Waals surface area contributed by atoms with Crippen molar-refractivity contribution in [3.8, 4) is 11.8 Å². The second kappa shape index (κ2) is 6.36. The molecule has 1 aromatic rings. The van der Waals surface area contributed by atoms with Gasteiger partial charge >= 0.3 is 0 Å². The number of rotatable bonds is 5. The molecule has 1 amide bonds. The molecule has 0 aliphatic rings. The van der Waals surface area contributed by atoms with E-state index in [2.05, 4.69) is 9.97 Å². The highest BCUT2D eigenvalue weighted by Crippen LogP contribution is 2.17. The van der Waals surface area contributed by atoms with Crippen molar-refractivity contribution in [2.24, 2.45) is 0 Å². The van der Waals surface area contributed by atoms with Crippen LogP contribution in [0.2, 0.25) is 0 Å². The van der Waals surface area contributed by atoms with E-state index in [0.29, 0.717) is 11.8 Å². The topological polar surface area (TPSA) is 64.6 Å². The molecule has 106 valence electrons. The highest BCUT2D eigenvalue weighted by atomic mass is 16.5. The molecule has 1 aromatic heterocycles. The summed E-state index contributed by atoms with van der Waals surface area (Å²) in [5.41, 5.74) is 0. The average Bonchev–Trinajstić information content (AvgIpc) is 2.37. The van der Waals surface area contributed by atoms with Crippen LogP contribution in [0, 0.1) is 0 Å². The number of hydrogen-bond donors (Lipinski definition) is 0. The van der Waals surface area contributed by atoms with Gasteiger partial charge in [-0.1, -0.05) is 0 Å². The Labute approximate surface area is 113 Å². The molecule has 6 nitrogen and oxygen atoms in total. The van der Waals surface area contributed by atoms with Crippen LogP contribution < -0.4 is 9.47 Å². The first-order chi connectivity index (χ1) is 8.90. The molecule has 0 N–H and O–H groups in total. The standard InChI is InChI=1S/C13H21N3O3/c1-8(2)16(9(3)4)13(17)12-14-10(18-5)7-11(15-12)19-6/h7-9H,1-6H3. The summed E-state index contributed by atoms with van der Waals surface area (Å²) < 4.78 is 10.1. The molecule has 19 heavy (non-hydrogen) atoms. The van der Waals surface area contributed by atoms with Crippen LogP contribution >= 0.6 is 0 Å². The Morgan fingerprint density at radius 3 is 1.79 bits per heavy atom. The number of ether oxygens (including phenoxy) is 2. The normalized spacial score (nSPS) is 10.7. The molecular weight excluding hydrogens is 246 g/mol. The molecule has 0 aliphatic heterocycles. The Balaban J connectivity index is 3.17. The summed E-state index contributed by atoms with van der Waals surface area (Å²) in [6.45, 7) is 7.81. The molecule has 0 bridgehead atoms. The van der Waals surface area contributed by atoms with Crippen LogP contribution in [0.15, 0.2) is 6.07 Å². The van der Waals surface area contributed by atoms with E-state index < -0.39 is 0 Å². The highest BCUT2D eigenvalue weighted by molar-refractivity contribution is 5.91. The molecule has 1 rings (SSSR count).